The summed E-state index contributed by atoms with van der Waals surface area (Å²) in [5.41, 5.74) is -4.30. The number of thioether (sulfide) groups is 1. The maximum absolute atomic E-state index is 12.2. The molecule has 11 heteroatoms. The van der Waals surface area contributed by atoms with Crippen molar-refractivity contribution < 1.29 is 17.8 Å². The quantitative estimate of drug-likeness (QED) is 0.713. The van der Waals surface area contributed by atoms with Gasteiger partial charge in [0.1, 0.15) is 0 Å². The molecule has 2 aromatic heterocycles. The van der Waals surface area contributed by atoms with Crippen molar-refractivity contribution in [2.75, 3.05) is 5.32 Å². The number of alkyl halides is 3. The number of H-pyrrole nitrogens is 1. The summed E-state index contributed by atoms with van der Waals surface area (Å²) in [7, 11) is 0. The maximum Gasteiger partial charge on any atom is 0.446 e. The van der Waals surface area contributed by atoms with Gasteiger partial charge in [-0.3, -0.25) is 9.78 Å². The average Bonchev–Trinajstić information content (AvgIpc) is 2.87. The van der Waals surface area contributed by atoms with E-state index >= 15 is 0 Å². The summed E-state index contributed by atoms with van der Waals surface area (Å²) in [5.74, 6) is -0.0700. The minimum Gasteiger partial charge on any atom is -0.336 e. The summed E-state index contributed by atoms with van der Waals surface area (Å²) >= 11 is -0.220. The topological polar surface area (TPSA) is 96.7 Å². The van der Waals surface area contributed by atoms with Crippen molar-refractivity contribution in [2.24, 2.45) is 0 Å². The Morgan fingerprint density at radius 3 is 2.59 bits per heavy atom. The summed E-state index contributed by atoms with van der Waals surface area (Å²) in [6.45, 7) is 0. The standard InChI is InChI=1S/C11H6F3N5O2S/c12-11(13,14)22-6-3-1-5(2-4-6)15-9-10(20)17-8-7(16-9)18-21-19-8/h1-4H,(H,15,16,18)(H,17,19,20). The van der Waals surface area contributed by atoms with Gasteiger partial charge in [-0.15, -0.1) is 0 Å². The summed E-state index contributed by atoms with van der Waals surface area (Å²) in [6.07, 6.45) is 0. The van der Waals surface area contributed by atoms with E-state index in [1.165, 1.54) is 24.3 Å². The van der Waals surface area contributed by atoms with Gasteiger partial charge in [0.2, 0.25) is 11.3 Å². The van der Waals surface area contributed by atoms with Crippen molar-refractivity contribution in [3.63, 3.8) is 0 Å². The van der Waals surface area contributed by atoms with Crippen LogP contribution in [0.15, 0.2) is 38.6 Å². The maximum atomic E-state index is 12.2. The van der Waals surface area contributed by atoms with Gasteiger partial charge in [0.15, 0.2) is 5.82 Å². The summed E-state index contributed by atoms with van der Waals surface area (Å²) in [4.78, 5) is 18.1. The molecule has 0 unspecified atom stereocenters. The molecule has 7 nitrogen and oxygen atoms in total. The van der Waals surface area contributed by atoms with E-state index in [1.807, 2.05) is 0 Å². The van der Waals surface area contributed by atoms with Crippen molar-refractivity contribution in [3.8, 4) is 0 Å². The van der Waals surface area contributed by atoms with Crippen molar-refractivity contribution in [1.29, 1.82) is 0 Å². The highest BCUT2D eigenvalue weighted by atomic mass is 32.2. The Balaban J connectivity index is 1.82. The highest BCUT2D eigenvalue weighted by Gasteiger charge is 2.29. The number of aromatic amines is 1. The molecule has 0 saturated carbocycles. The first-order chi connectivity index (χ1) is 10.4. The molecule has 2 N–H and O–H groups in total. The molecule has 22 heavy (non-hydrogen) atoms. The first kappa shape index (κ1) is 14.4. The second-order valence-electron chi connectivity index (χ2n) is 4.05. The zero-order valence-electron chi connectivity index (χ0n) is 10.5. The van der Waals surface area contributed by atoms with Gasteiger partial charge >= 0.3 is 5.51 Å². The van der Waals surface area contributed by atoms with Crippen LogP contribution in [0.3, 0.4) is 0 Å². The molecule has 0 spiro atoms. The van der Waals surface area contributed by atoms with Crippen LogP contribution in [0.4, 0.5) is 24.7 Å². The molecule has 0 aliphatic heterocycles. The van der Waals surface area contributed by atoms with E-state index < -0.39 is 11.1 Å². The number of hydrogen-bond donors (Lipinski definition) is 2. The third-order valence-corrected chi connectivity index (χ3v) is 3.23. The monoisotopic (exact) mass is 329 g/mol. The predicted molar refractivity (Wildman–Crippen MR) is 71.9 cm³/mol. The molecule has 0 bridgehead atoms. The number of nitrogens with zero attached hydrogens (tertiary/aromatic N) is 3. The molecule has 0 amide bonds. The molecule has 0 saturated heterocycles. The van der Waals surface area contributed by atoms with Crippen LogP contribution in [0.1, 0.15) is 0 Å². The van der Waals surface area contributed by atoms with Gasteiger partial charge in [0.25, 0.3) is 5.56 Å². The lowest BCUT2D eigenvalue weighted by atomic mass is 10.3. The largest absolute Gasteiger partial charge is 0.446 e. The molecule has 0 aliphatic carbocycles. The van der Waals surface area contributed by atoms with Gasteiger partial charge in [-0.25, -0.2) is 4.63 Å². The molecule has 0 atom stereocenters. The Labute approximate surface area is 123 Å². The lowest BCUT2D eigenvalue weighted by molar-refractivity contribution is -0.0328. The van der Waals surface area contributed by atoms with Gasteiger partial charge in [-0.1, -0.05) is 0 Å². The predicted octanol–water partition coefficient (Wildman–Crippen LogP) is 2.66. The average molecular weight is 329 g/mol. The van der Waals surface area contributed by atoms with Crippen LogP contribution >= 0.6 is 11.8 Å². The Morgan fingerprint density at radius 1 is 1.18 bits per heavy atom. The van der Waals surface area contributed by atoms with Crippen LogP contribution in [0, 0.1) is 0 Å². The molecule has 0 aliphatic rings. The van der Waals surface area contributed by atoms with Crippen LogP contribution in [-0.2, 0) is 0 Å². The van der Waals surface area contributed by atoms with Gasteiger partial charge in [-0.05, 0) is 46.3 Å². The second kappa shape index (κ2) is 5.33. The second-order valence-corrected chi connectivity index (χ2v) is 5.19. The van der Waals surface area contributed by atoms with E-state index in [9.17, 15) is 18.0 Å². The number of benzene rings is 1. The molecule has 0 fully saturated rings. The number of rotatable bonds is 3. The van der Waals surface area contributed by atoms with Crippen LogP contribution < -0.4 is 10.9 Å². The minimum atomic E-state index is -4.35. The fraction of sp³-hybridized carbons (Fsp3) is 0.0909. The number of hydrogen-bond acceptors (Lipinski definition) is 7. The number of fused-ring (bicyclic) bond motifs is 1. The summed E-state index contributed by atoms with van der Waals surface area (Å²) in [5, 5.41) is 9.60. The van der Waals surface area contributed by atoms with E-state index in [0.717, 1.165) is 0 Å². The Kier molecular flexibility index (Phi) is 3.48. The number of halogens is 3. The van der Waals surface area contributed by atoms with E-state index in [1.54, 1.807) is 0 Å². The highest BCUT2D eigenvalue weighted by Crippen LogP contribution is 2.37. The van der Waals surface area contributed by atoms with Gasteiger partial charge in [0.05, 0.1) is 0 Å². The highest BCUT2D eigenvalue weighted by molar-refractivity contribution is 8.00. The number of nitrogens with one attached hydrogen (secondary N) is 2. The van der Waals surface area contributed by atoms with Crippen LogP contribution in [0.2, 0.25) is 0 Å². The van der Waals surface area contributed by atoms with Gasteiger partial charge in [-0.2, -0.15) is 18.2 Å². The number of anilines is 2. The molecule has 2 heterocycles. The molecule has 114 valence electrons. The van der Waals surface area contributed by atoms with Crippen LogP contribution in [-0.4, -0.2) is 25.8 Å². The molecule has 1 aromatic carbocycles. The Bertz CT molecular complexity index is 859. The third kappa shape index (κ3) is 3.19. The molecule has 0 radical (unpaired) electrons. The summed E-state index contributed by atoms with van der Waals surface area (Å²) < 4.78 is 41.1. The first-order valence-corrected chi connectivity index (χ1v) is 6.58. The van der Waals surface area contributed by atoms with Gasteiger partial charge < -0.3 is 5.32 Å². The molecule has 3 aromatic rings. The van der Waals surface area contributed by atoms with Crippen LogP contribution in [0.5, 0.6) is 0 Å². The van der Waals surface area contributed by atoms with Crippen molar-refractivity contribution in [1.82, 2.24) is 20.3 Å². The van der Waals surface area contributed by atoms with Crippen molar-refractivity contribution in [2.45, 2.75) is 10.4 Å². The smallest absolute Gasteiger partial charge is 0.336 e. The minimum absolute atomic E-state index is 0.0380. The van der Waals surface area contributed by atoms with Crippen molar-refractivity contribution >= 4 is 34.6 Å². The normalized spacial score (nSPS) is 11.8. The zero-order chi connectivity index (χ0) is 15.7. The lowest BCUT2D eigenvalue weighted by Crippen LogP contribution is -2.13. The SMILES string of the molecule is O=c1[nH]c2nonc2nc1Nc1ccc(SC(F)(F)F)cc1. The fourth-order valence-corrected chi connectivity index (χ4v) is 2.16. The third-order valence-electron chi connectivity index (χ3n) is 2.49. The first-order valence-electron chi connectivity index (χ1n) is 5.76. The Morgan fingerprint density at radius 2 is 1.91 bits per heavy atom. The van der Waals surface area contributed by atoms with Crippen LogP contribution in [0.25, 0.3) is 11.3 Å². The van der Waals surface area contributed by atoms with E-state index in [2.05, 4.69) is 30.2 Å². The lowest BCUT2D eigenvalue weighted by Gasteiger charge is -2.07. The van der Waals surface area contributed by atoms with E-state index in [0.29, 0.717) is 5.69 Å². The van der Waals surface area contributed by atoms with E-state index in [-0.39, 0.29) is 33.8 Å². The molecular weight excluding hydrogens is 323 g/mol. The Hall–Kier alpha value is -2.56. The van der Waals surface area contributed by atoms with Gasteiger partial charge in [0, 0.05) is 10.6 Å². The zero-order valence-corrected chi connectivity index (χ0v) is 11.3. The summed E-state index contributed by atoms with van der Waals surface area (Å²) in [6, 6.07) is 5.37. The number of aromatic nitrogens is 4. The van der Waals surface area contributed by atoms with Crippen molar-refractivity contribution in [3.05, 3.63) is 34.6 Å². The molecular formula is C11H6F3N5O2S. The fourth-order valence-electron chi connectivity index (χ4n) is 1.62. The molecule has 3 rings (SSSR count). The van der Waals surface area contributed by atoms with E-state index in [4.69, 9.17) is 0 Å².